The Morgan fingerprint density at radius 2 is 1.95 bits per heavy atom. The molecule has 0 aliphatic heterocycles. The summed E-state index contributed by atoms with van der Waals surface area (Å²) in [4.78, 5) is 16.1. The van der Waals surface area contributed by atoms with Gasteiger partial charge in [-0.3, -0.25) is 9.78 Å². The summed E-state index contributed by atoms with van der Waals surface area (Å²) in [5.41, 5.74) is 7.57. The predicted octanol–water partition coefficient (Wildman–Crippen LogP) is 2.63. The van der Waals surface area contributed by atoms with Crippen LogP contribution in [0.3, 0.4) is 0 Å². The van der Waals surface area contributed by atoms with Gasteiger partial charge < -0.3 is 11.1 Å². The van der Waals surface area contributed by atoms with Crippen molar-refractivity contribution in [3.8, 4) is 0 Å². The van der Waals surface area contributed by atoms with Crippen molar-refractivity contribution in [1.82, 2.24) is 10.3 Å². The predicted molar refractivity (Wildman–Crippen MR) is 85.8 cm³/mol. The van der Waals surface area contributed by atoms with Crippen LogP contribution in [0.5, 0.6) is 0 Å². The third kappa shape index (κ3) is 5.27. The average molecular weight is 320 g/mol. The van der Waals surface area contributed by atoms with Gasteiger partial charge in [-0.25, -0.2) is 0 Å². The highest BCUT2D eigenvalue weighted by Gasteiger charge is 2.27. The Balaban J connectivity index is 0.00000180. The summed E-state index contributed by atoms with van der Waals surface area (Å²) in [6.07, 6.45) is 7.19. The van der Waals surface area contributed by atoms with Crippen LogP contribution in [0.25, 0.3) is 0 Å². The fraction of sp³-hybridized carbons (Fsp3) is 0.571. The van der Waals surface area contributed by atoms with Crippen LogP contribution >= 0.6 is 24.8 Å². The first-order valence-corrected chi connectivity index (χ1v) is 6.59. The highest BCUT2D eigenvalue weighted by atomic mass is 35.5. The molecule has 1 aliphatic rings. The van der Waals surface area contributed by atoms with Gasteiger partial charge in [-0.05, 0) is 31.9 Å². The number of nitrogens with zero attached hydrogens (tertiary/aromatic N) is 1. The minimum absolute atomic E-state index is 0. The third-order valence-electron chi connectivity index (χ3n) is 3.62. The molecule has 1 aliphatic carbocycles. The maximum absolute atomic E-state index is 11.9. The summed E-state index contributed by atoms with van der Waals surface area (Å²) in [6.45, 7) is 2.46. The quantitative estimate of drug-likeness (QED) is 0.899. The van der Waals surface area contributed by atoms with Gasteiger partial charge in [0.15, 0.2) is 0 Å². The Labute approximate surface area is 132 Å². The smallest absolute Gasteiger partial charge is 0.252 e. The van der Waals surface area contributed by atoms with Crippen LogP contribution in [0, 0.1) is 6.92 Å². The number of pyridine rings is 1. The molecule has 1 saturated carbocycles. The number of amides is 1. The summed E-state index contributed by atoms with van der Waals surface area (Å²) in [6, 6.07) is 3.63. The van der Waals surface area contributed by atoms with E-state index in [1.54, 1.807) is 12.3 Å². The molecule has 114 valence electrons. The fourth-order valence-electron chi connectivity index (χ4n) is 2.39. The van der Waals surface area contributed by atoms with Crippen molar-refractivity contribution in [2.75, 3.05) is 6.54 Å². The number of nitrogens with two attached hydrogens (primary N) is 1. The number of nitrogens with one attached hydrogen (secondary N) is 1. The van der Waals surface area contributed by atoms with Crippen molar-refractivity contribution < 1.29 is 4.79 Å². The lowest BCUT2D eigenvalue weighted by Gasteiger charge is -2.33. The molecule has 0 bridgehead atoms. The van der Waals surface area contributed by atoms with Crippen molar-refractivity contribution in [1.29, 1.82) is 0 Å². The van der Waals surface area contributed by atoms with E-state index in [-0.39, 0.29) is 36.3 Å². The maximum Gasteiger partial charge on any atom is 0.252 e. The zero-order valence-corrected chi connectivity index (χ0v) is 13.4. The molecule has 2 rings (SSSR count). The summed E-state index contributed by atoms with van der Waals surface area (Å²) in [5.74, 6) is -0.0853. The Bertz CT molecular complexity index is 417. The first-order chi connectivity index (χ1) is 8.59. The zero-order chi connectivity index (χ0) is 13.0. The Kier molecular flexibility index (Phi) is 8.09. The van der Waals surface area contributed by atoms with Crippen LogP contribution in [0.4, 0.5) is 0 Å². The molecule has 1 aromatic rings. The lowest BCUT2D eigenvalue weighted by molar-refractivity contribution is 0.0937. The van der Waals surface area contributed by atoms with Crippen molar-refractivity contribution in [3.05, 3.63) is 29.6 Å². The van der Waals surface area contributed by atoms with E-state index in [1.165, 1.54) is 19.3 Å². The van der Waals surface area contributed by atoms with E-state index in [9.17, 15) is 4.79 Å². The van der Waals surface area contributed by atoms with Gasteiger partial charge in [-0.2, -0.15) is 0 Å². The van der Waals surface area contributed by atoms with Gasteiger partial charge in [0, 0.05) is 24.0 Å². The maximum atomic E-state index is 11.9. The number of rotatable bonds is 3. The molecule has 20 heavy (non-hydrogen) atoms. The van der Waals surface area contributed by atoms with Crippen LogP contribution < -0.4 is 11.1 Å². The van der Waals surface area contributed by atoms with Crippen molar-refractivity contribution >= 4 is 30.7 Å². The number of hydrogen-bond acceptors (Lipinski definition) is 3. The third-order valence-corrected chi connectivity index (χ3v) is 3.62. The first kappa shape index (κ1) is 19.2. The van der Waals surface area contributed by atoms with E-state index in [4.69, 9.17) is 5.73 Å². The number of carbonyl (C=O) groups excluding carboxylic acids is 1. The van der Waals surface area contributed by atoms with E-state index < -0.39 is 0 Å². The molecular formula is C14H23Cl2N3O. The molecule has 0 atom stereocenters. The van der Waals surface area contributed by atoms with Crippen molar-refractivity contribution in [2.24, 2.45) is 5.73 Å². The summed E-state index contributed by atoms with van der Waals surface area (Å²) >= 11 is 0. The fourth-order valence-corrected chi connectivity index (χ4v) is 2.39. The highest BCUT2D eigenvalue weighted by Crippen LogP contribution is 2.25. The number of hydrogen-bond donors (Lipinski definition) is 2. The lowest BCUT2D eigenvalue weighted by atomic mass is 9.82. The lowest BCUT2D eigenvalue weighted by Crippen LogP contribution is -2.51. The minimum atomic E-state index is -0.216. The number of halogens is 2. The normalized spacial score (nSPS) is 16.5. The van der Waals surface area contributed by atoms with Gasteiger partial charge in [0.1, 0.15) is 0 Å². The van der Waals surface area contributed by atoms with E-state index in [1.807, 2.05) is 13.0 Å². The van der Waals surface area contributed by atoms with Crippen LogP contribution in [0.15, 0.2) is 18.3 Å². The standard InChI is InChI=1S/C14H21N3O.2ClH/c1-11-5-6-12(9-16-11)13(18)17-10-14(15)7-3-2-4-8-14;;/h5-6,9H,2-4,7-8,10,15H2,1H3,(H,17,18);2*1H. The molecule has 1 heterocycles. The van der Waals surface area contributed by atoms with Gasteiger partial charge in [0.2, 0.25) is 0 Å². The highest BCUT2D eigenvalue weighted by molar-refractivity contribution is 5.93. The Hall–Kier alpha value is -0.840. The first-order valence-electron chi connectivity index (χ1n) is 6.59. The van der Waals surface area contributed by atoms with Gasteiger partial charge in [-0.1, -0.05) is 19.3 Å². The zero-order valence-electron chi connectivity index (χ0n) is 11.7. The molecule has 3 N–H and O–H groups in total. The van der Waals surface area contributed by atoms with Gasteiger partial charge >= 0.3 is 0 Å². The topological polar surface area (TPSA) is 68.0 Å². The van der Waals surface area contributed by atoms with E-state index in [2.05, 4.69) is 10.3 Å². The van der Waals surface area contributed by atoms with Gasteiger partial charge in [0.05, 0.1) is 5.56 Å². The summed E-state index contributed by atoms with van der Waals surface area (Å²) in [5, 5.41) is 2.92. The molecule has 0 aromatic carbocycles. The summed E-state index contributed by atoms with van der Waals surface area (Å²) in [7, 11) is 0. The Morgan fingerprint density at radius 3 is 2.50 bits per heavy atom. The van der Waals surface area contributed by atoms with E-state index in [0.29, 0.717) is 12.1 Å². The molecule has 0 saturated heterocycles. The molecule has 0 spiro atoms. The molecule has 6 heteroatoms. The van der Waals surface area contributed by atoms with Crippen LogP contribution in [0.2, 0.25) is 0 Å². The molecule has 1 aromatic heterocycles. The van der Waals surface area contributed by atoms with Gasteiger partial charge in [-0.15, -0.1) is 24.8 Å². The molecule has 0 unspecified atom stereocenters. The largest absolute Gasteiger partial charge is 0.350 e. The van der Waals surface area contributed by atoms with Crippen LogP contribution in [0.1, 0.15) is 48.2 Å². The molecule has 1 amide bonds. The van der Waals surface area contributed by atoms with Crippen LogP contribution in [-0.2, 0) is 0 Å². The minimum Gasteiger partial charge on any atom is -0.350 e. The second-order valence-electron chi connectivity index (χ2n) is 5.29. The van der Waals surface area contributed by atoms with Crippen molar-refractivity contribution in [3.63, 3.8) is 0 Å². The molecule has 0 radical (unpaired) electrons. The number of aromatic nitrogens is 1. The SMILES string of the molecule is Cc1ccc(C(=O)NCC2(N)CCCCC2)cn1.Cl.Cl. The molecule has 1 fully saturated rings. The second-order valence-corrected chi connectivity index (χ2v) is 5.29. The van der Waals surface area contributed by atoms with Crippen LogP contribution in [-0.4, -0.2) is 23.0 Å². The summed E-state index contributed by atoms with van der Waals surface area (Å²) < 4.78 is 0. The molecule has 4 nitrogen and oxygen atoms in total. The second kappa shape index (κ2) is 8.45. The molecular weight excluding hydrogens is 297 g/mol. The van der Waals surface area contributed by atoms with E-state index in [0.717, 1.165) is 18.5 Å². The number of aryl methyl sites for hydroxylation is 1. The van der Waals surface area contributed by atoms with E-state index >= 15 is 0 Å². The van der Waals surface area contributed by atoms with Crippen molar-refractivity contribution in [2.45, 2.75) is 44.6 Å². The average Bonchev–Trinajstić information content (AvgIpc) is 2.38. The monoisotopic (exact) mass is 319 g/mol. The Morgan fingerprint density at radius 1 is 1.30 bits per heavy atom. The van der Waals surface area contributed by atoms with Gasteiger partial charge in [0.25, 0.3) is 5.91 Å². The number of carbonyl (C=O) groups is 1.